The molecule has 4 rings (SSSR count). The molecule has 7 heteroatoms. The van der Waals surface area contributed by atoms with E-state index in [1.54, 1.807) is 0 Å². The first-order chi connectivity index (χ1) is 12.2. The second kappa shape index (κ2) is 6.76. The fraction of sp³-hybridized carbons (Fsp3) is 0.444. The van der Waals surface area contributed by atoms with E-state index in [1.807, 2.05) is 24.3 Å². The largest absolute Gasteiger partial charge is 0.423 e. The molecule has 1 saturated carbocycles. The lowest BCUT2D eigenvalue weighted by molar-refractivity contribution is 0.201. The summed E-state index contributed by atoms with van der Waals surface area (Å²) in [4.78, 5) is 6.93. The summed E-state index contributed by atoms with van der Waals surface area (Å²) in [5.74, 6) is 2.25. The van der Waals surface area contributed by atoms with Crippen molar-refractivity contribution in [2.75, 3.05) is 14.1 Å². The van der Waals surface area contributed by atoms with Gasteiger partial charge in [0.05, 0.1) is 0 Å². The van der Waals surface area contributed by atoms with Crippen LogP contribution in [0.25, 0.3) is 22.8 Å². The molecule has 7 nitrogen and oxygen atoms in total. The topological polar surface area (TPSA) is 81.1 Å². The summed E-state index contributed by atoms with van der Waals surface area (Å²) in [6.07, 6.45) is 5.86. The van der Waals surface area contributed by atoms with Crippen molar-refractivity contribution in [3.63, 3.8) is 0 Å². The molecule has 0 N–H and O–H groups in total. The quantitative estimate of drug-likeness (QED) is 0.720. The van der Waals surface area contributed by atoms with Crippen LogP contribution in [0.15, 0.2) is 39.6 Å². The summed E-state index contributed by atoms with van der Waals surface area (Å²) >= 11 is 0. The molecule has 0 atom stereocenters. The highest BCUT2D eigenvalue weighted by atomic mass is 16.5. The van der Waals surface area contributed by atoms with Crippen LogP contribution in [0.4, 0.5) is 0 Å². The minimum absolute atomic E-state index is 0.370. The monoisotopic (exact) mass is 339 g/mol. The second-order valence-corrected chi connectivity index (χ2v) is 6.75. The van der Waals surface area contributed by atoms with E-state index >= 15 is 0 Å². The fourth-order valence-electron chi connectivity index (χ4n) is 3.42. The molecule has 0 unspecified atom stereocenters. The first kappa shape index (κ1) is 16.0. The molecule has 0 spiro atoms. The Morgan fingerprint density at radius 3 is 2.36 bits per heavy atom. The van der Waals surface area contributed by atoms with Gasteiger partial charge in [0, 0.05) is 23.1 Å². The molecule has 1 aromatic carbocycles. The van der Waals surface area contributed by atoms with Gasteiger partial charge < -0.3 is 13.8 Å². The van der Waals surface area contributed by atoms with Gasteiger partial charge in [0.15, 0.2) is 0 Å². The smallest absolute Gasteiger partial charge is 0.247 e. The maximum Gasteiger partial charge on any atom is 0.247 e. The van der Waals surface area contributed by atoms with Crippen LogP contribution in [0.2, 0.25) is 0 Å². The Morgan fingerprint density at radius 1 is 1.00 bits per heavy atom. The third-order valence-electron chi connectivity index (χ3n) is 4.97. The Morgan fingerprint density at radius 2 is 1.72 bits per heavy atom. The van der Waals surface area contributed by atoms with Crippen LogP contribution in [0.1, 0.15) is 37.5 Å². The van der Waals surface area contributed by atoms with Crippen LogP contribution in [0.5, 0.6) is 0 Å². The van der Waals surface area contributed by atoms with Crippen molar-refractivity contribution in [1.82, 2.24) is 25.2 Å². The summed E-state index contributed by atoms with van der Waals surface area (Å²) in [5, 5.41) is 11.8. The van der Waals surface area contributed by atoms with E-state index < -0.39 is 0 Å². The van der Waals surface area contributed by atoms with Crippen LogP contribution < -0.4 is 0 Å². The molecule has 0 bridgehead atoms. The molecule has 1 aliphatic rings. The van der Waals surface area contributed by atoms with Gasteiger partial charge in [-0.15, -0.1) is 10.2 Å². The second-order valence-electron chi connectivity index (χ2n) is 6.75. The van der Waals surface area contributed by atoms with Gasteiger partial charge in [-0.25, -0.2) is 0 Å². The average Bonchev–Trinajstić information content (AvgIpc) is 3.34. The molecule has 0 saturated heterocycles. The van der Waals surface area contributed by atoms with Crippen molar-refractivity contribution in [1.29, 1.82) is 0 Å². The zero-order valence-electron chi connectivity index (χ0n) is 14.4. The van der Waals surface area contributed by atoms with Crippen molar-refractivity contribution >= 4 is 0 Å². The molecule has 25 heavy (non-hydrogen) atoms. The van der Waals surface area contributed by atoms with Crippen molar-refractivity contribution in [3.8, 4) is 22.8 Å². The number of nitrogens with zero attached hydrogens (tertiary/aromatic N) is 5. The minimum Gasteiger partial charge on any atom is -0.423 e. The predicted molar refractivity (Wildman–Crippen MR) is 91.7 cm³/mol. The third kappa shape index (κ3) is 3.32. The van der Waals surface area contributed by atoms with E-state index in [1.165, 1.54) is 19.2 Å². The molecular formula is C18H21N5O2. The highest BCUT2D eigenvalue weighted by molar-refractivity contribution is 5.61. The third-order valence-corrected chi connectivity index (χ3v) is 4.97. The van der Waals surface area contributed by atoms with Crippen LogP contribution >= 0.6 is 0 Å². The first-order valence-corrected chi connectivity index (χ1v) is 8.57. The van der Waals surface area contributed by atoms with Crippen LogP contribution in [-0.4, -0.2) is 45.4 Å². The lowest BCUT2D eigenvalue weighted by Gasteiger charge is -2.31. The van der Waals surface area contributed by atoms with Crippen LogP contribution in [0.3, 0.4) is 0 Å². The van der Waals surface area contributed by atoms with E-state index in [0.717, 1.165) is 29.9 Å². The Bertz CT molecular complexity index is 802. The SMILES string of the molecule is CN(C)C1CCC(c2nc(-c3ccc(-c4nnco4)cc3)no2)CC1. The fourth-order valence-corrected chi connectivity index (χ4v) is 3.42. The number of hydrogen-bond acceptors (Lipinski definition) is 7. The van der Waals surface area contributed by atoms with Gasteiger partial charge in [-0.1, -0.05) is 17.3 Å². The minimum atomic E-state index is 0.370. The summed E-state index contributed by atoms with van der Waals surface area (Å²) in [7, 11) is 4.29. The van der Waals surface area contributed by atoms with Crippen molar-refractivity contribution in [2.45, 2.75) is 37.6 Å². The van der Waals surface area contributed by atoms with Gasteiger partial charge in [-0.3, -0.25) is 0 Å². The molecule has 2 aromatic heterocycles. The van der Waals surface area contributed by atoms with E-state index in [0.29, 0.717) is 23.7 Å². The standard InChI is InChI=1S/C18H21N5O2/c1-23(2)15-9-7-13(8-10-15)17-20-16(22-25-17)12-3-5-14(6-4-12)18-21-19-11-24-18/h3-6,11,13,15H,7-10H2,1-2H3. The number of rotatable bonds is 4. The Kier molecular flexibility index (Phi) is 4.31. The van der Waals surface area contributed by atoms with Crippen molar-refractivity contribution < 1.29 is 8.94 Å². The predicted octanol–water partition coefficient (Wildman–Crippen LogP) is 3.37. The van der Waals surface area contributed by atoms with Gasteiger partial charge >= 0.3 is 0 Å². The molecular weight excluding hydrogens is 318 g/mol. The Balaban J connectivity index is 1.46. The van der Waals surface area contributed by atoms with Gasteiger partial charge in [0.1, 0.15) is 0 Å². The average molecular weight is 339 g/mol. The van der Waals surface area contributed by atoms with Gasteiger partial charge in [-0.05, 0) is 51.9 Å². The summed E-state index contributed by atoms with van der Waals surface area (Å²) < 4.78 is 10.7. The first-order valence-electron chi connectivity index (χ1n) is 8.57. The van der Waals surface area contributed by atoms with Gasteiger partial charge in [0.2, 0.25) is 24.0 Å². The normalized spacial score (nSPS) is 20.9. The zero-order chi connectivity index (χ0) is 17.2. The molecule has 3 aromatic rings. The zero-order valence-corrected chi connectivity index (χ0v) is 14.4. The lowest BCUT2D eigenvalue weighted by Crippen LogP contribution is -2.31. The number of benzene rings is 1. The van der Waals surface area contributed by atoms with E-state index in [2.05, 4.69) is 39.3 Å². The van der Waals surface area contributed by atoms with E-state index in [4.69, 9.17) is 8.94 Å². The van der Waals surface area contributed by atoms with Crippen molar-refractivity contribution in [2.24, 2.45) is 0 Å². The highest BCUT2D eigenvalue weighted by Crippen LogP contribution is 2.34. The number of hydrogen-bond donors (Lipinski definition) is 0. The molecule has 1 aliphatic carbocycles. The van der Waals surface area contributed by atoms with Crippen molar-refractivity contribution in [3.05, 3.63) is 36.5 Å². The highest BCUT2D eigenvalue weighted by Gasteiger charge is 2.27. The molecule has 1 fully saturated rings. The molecule has 0 radical (unpaired) electrons. The lowest BCUT2D eigenvalue weighted by atomic mass is 9.85. The van der Waals surface area contributed by atoms with Crippen LogP contribution in [0, 0.1) is 0 Å². The van der Waals surface area contributed by atoms with E-state index in [9.17, 15) is 0 Å². The summed E-state index contributed by atoms with van der Waals surface area (Å²) in [6, 6.07) is 8.38. The molecule has 130 valence electrons. The Labute approximate surface area is 146 Å². The maximum absolute atomic E-state index is 5.54. The Hall–Kier alpha value is -2.54. The van der Waals surface area contributed by atoms with Crippen LogP contribution in [-0.2, 0) is 0 Å². The molecule has 0 aliphatic heterocycles. The van der Waals surface area contributed by atoms with E-state index in [-0.39, 0.29) is 0 Å². The summed E-state index contributed by atoms with van der Waals surface area (Å²) in [5.41, 5.74) is 1.78. The van der Waals surface area contributed by atoms with Gasteiger partial charge in [0.25, 0.3) is 0 Å². The summed E-state index contributed by atoms with van der Waals surface area (Å²) in [6.45, 7) is 0. The maximum atomic E-state index is 5.54. The van der Waals surface area contributed by atoms with Gasteiger partial charge in [-0.2, -0.15) is 4.98 Å². The number of aromatic nitrogens is 4. The molecule has 2 heterocycles. The molecule has 0 amide bonds.